The Kier molecular flexibility index (Phi) is 7.82. The zero-order valence-electron chi connectivity index (χ0n) is 15.2. The number of nitrogens with zero attached hydrogens (tertiary/aromatic N) is 1. The number of carbonyl (C=O) groups is 2. The minimum atomic E-state index is -0.511. The molecule has 23 heavy (non-hydrogen) atoms. The summed E-state index contributed by atoms with van der Waals surface area (Å²) >= 11 is 0. The van der Waals surface area contributed by atoms with Crippen LogP contribution in [0.15, 0.2) is 0 Å². The van der Waals surface area contributed by atoms with Gasteiger partial charge in [0, 0.05) is 26.2 Å². The van der Waals surface area contributed by atoms with Gasteiger partial charge in [-0.15, -0.1) is 0 Å². The highest BCUT2D eigenvalue weighted by Crippen LogP contribution is 2.19. The molecule has 1 aliphatic heterocycles. The van der Waals surface area contributed by atoms with Crippen LogP contribution in [-0.4, -0.2) is 54.8 Å². The third-order valence-corrected chi connectivity index (χ3v) is 3.52. The molecule has 2 amide bonds. The van der Waals surface area contributed by atoms with E-state index < -0.39 is 5.60 Å². The third-order valence-electron chi connectivity index (χ3n) is 3.52. The van der Waals surface area contributed by atoms with E-state index in [9.17, 15) is 9.59 Å². The summed E-state index contributed by atoms with van der Waals surface area (Å²) in [4.78, 5) is 26.0. The lowest BCUT2D eigenvalue weighted by molar-refractivity contribution is -0.126. The topological polar surface area (TPSA) is 67.9 Å². The van der Waals surface area contributed by atoms with E-state index in [4.69, 9.17) is 9.47 Å². The quantitative estimate of drug-likeness (QED) is 0.761. The summed E-state index contributed by atoms with van der Waals surface area (Å²) in [6.07, 6.45) is 2.32. The molecule has 1 saturated heterocycles. The number of hydrogen-bond acceptors (Lipinski definition) is 4. The second-order valence-corrected chi connectivity index (χ2v) is 7.33. The summed E-state index contributed by atoms with van der Waals surface area (Å²) in [6, 6.07) is 0. The Morgan fingerprint density at radius 2 is 2.00 bits per heavy atom. The van der Waals surface area contributed by atoms with Gasteiger partial charge in [0.05, 0.1) is 12.0 Å². The van der Waals surface area contributed by atoms with Crippen molar-refractivity contribution in [3.8, 4) is 0 Å². The molecule has 0 aliphatic carbocycles. The van der Waals surface area contributed by atoms with Gasteiger partial charge >= 0.3 is 6.09 Å². The summed E-state index contributed by atoms with van der Waals surface area (Å²) < 4.78 is 10.8. The molecule has 0 aromatic heterocycles. The Balaban J connectivity index is 2.33. The van der Waals surface area contributed by atoms with Crippen molar-refractivity contribution in [1.29, 1.82) is 0 Å². The van der Waals surface area contributed by atoms with Gasteiger partial charge in [0.15, 0.2) is 0 Å². The molecule has 0 unspecified atom stereocenters. The number of ether oxygens (including phenoxy) is 2. The first-order chi connectivity index (χ1) is 10.7. The zero-order chi connectivity index (χ0) is 17.5. The van der Waals surface area contributed by atoms with Gasteiger partial charge in [-0.1, -0.05) is 0 Å². The largest absolute Gasteiger partial charge is 0.444 e. The predicted molar refractivity (Wildman–Crippen MR) is 89.2 cm³/mol. The van der Waals surface area contributed by atoms with Crippen molar-refractivity contribution in [3.63, 3.8) is 0 Å². The van der Waals surface area contributed by atoms with E-state index in [0.29, 0.717) is 26.2 Å². The molecule has 0 aromatic rings. The van der Waals surface area contributed by atoms with Crippen LogP contribution < -0.4 is 5.32 Å². The fourth-order valence-corrected chi connectivity index (χ4v) is 2.43. The maximum atomic E-state index is 12.2. The van der Waals surface area contributed by atoms with Gasteiger partial charge < -0.3 is 19.7 Å². The minimum absolute atomic E-state index is 0.0165. The highest BCUT2D eigenvalue weighted by molar-refractivity contribution is 5.80. The lowest BCUT2D eigenvalue weighted by Crippen LogP contribution is -2.47. The highest BCUT2D eigenvalue weighted by atomic mass is 16.6. The van der Waals surface area contributed by atoms with Crippen molar-refractivity contribution in [2.75, 3.05) is 26.2 Å². The number of piperidine rings is 1. The van der Waals surface area contributed by atoms with Gasteiger partial charge in [-0.2, -0.15) is 0 Å². The van der Waals surface area contributed by atoms with Crippen LogP contribution in [0.3, 0.4) is 0 Å². The molecule has 134 valence electrons. The van der Waals surface area contributed by atoms with Crippen LogP contribution in [0.2, 0.25) is 0 Å². The molecule has 0 aromatic carbocycles. The van der Waals surface area contributed by atoms with Crippen LogP contribution in [-0.2, 0) is 14.3 Å². The first kappa shape index (κ1) is 19.7. The van der Waals surface area contributed by atoms with Crippen LogP contribution in [0.1, 0.15) is 53.9 Å². The first-order valence-electron chi connectivity index (χ1n) is 8.56. The third kappa shape index (κ3) is 8.21. The van der Waals surface area contributed by atoms with Crippen molar-refractivity contribution < 1.29 is 19.1 Å². The SMILES string of the molecule is CC(C)OCCCNC(=O)[C@H]1CCCN(C(=O)OC(C)(C)C)C1. The summed E-state index contributed by atoms with van der Waals surface area (Å²) in [5.74, 6) is -0.134. The van der Waals surface area contributed by atoms with E-state index in [1.165, 1.54) is 0 Å². The lowest BCUT2D eigenvalue weighted by atomic mass is 9.97. The smallest absolute Gasteiger partial charge is 0.410 e. The van der Waals surface area contributed by atoms with Crippen molar-refractivity contribution in [2.45, 2.75) is 65.6 Å². The maximum absolute atomic E-state index is 12.2. The zero-order valence-corrected chi connectivity index (χ0v) is 15.2. The Hall–Kier alpha value is -1.30. The van der Waals surface area contributed by atoms with Crippen molar-refractivity contribution >= 4 is 12.0 Å². The second-order valence-electron chi connectivity index (χ2n) is 7.33. The summed E-state index contributed by atoms with van der Waals surface area (Å²) in [5.41, 5.74) is -0.511. The summed E-state index contributed by atoms with van der Waals surface area (Å²) in [5, 5.41) is 2.94. The molecule has 6 nitrogen and oxygen atoms in total. The van der Waals surface area contributed by atoms with E-state index in [1.807, 2.05) is 34.6 Å². The maximum Gasteiger partial charge on any atom is 0.410 e. The van der Waals surface area contributed by atoms with Crippen LogP contribution in [0.4, 0.5) is 4.79 Å². The van der Waals surface area contributed by atoms with Crippen molar-refractivity contribution in [1.82, 2.24) is 10.2 Å². The van der Waals surface area contributed by atoms with Crippen LogP contribution in [0.25, 0.3) is 0 Å². The van der Waals surface area contributed by atoms with E-state index in [1.54, 1.807) is 4.90 Å². The van der Waals surface area contributed by atoms with E-state index in [2.05, 4.69) is 5.32 Å². The number of amides is 2. The molecule has 1 fully saturated rings. The fourth-order valence-electron chi connectivity index (χ4n) is 2.43. The number of nitrogens with one attached hydrogen (secondary N) is 1. The second kappa shape index (κ2) is 9.11. The number of rotatable bonds is 6. The number of likely N-dealkylation sites (tertiary alicyclic amines) is 1. The molecule has 0 spiro atoms. The average molecular weight is 328 g/mol. The Morgan fingerprint density at radius 1 is 1.30 bits per heavy atom. The molecule has 0 bridgehead atoms. The Labute approximate surface area is 139 Å². The molecule has 1 N–H and O–H groups in total. The van der Waals surface area contributed by atoms with Gasteiger partial charge in [0.2, 0.25) is 5.91 Å². The van der Waals surface area contributed by atoms with Gasteiger partial charge in [0.1, 0.15) is 5.60 Å². The van der Waals surface area contributed by atoms with E-state index >= 15 is 0 Å². The van der Waals surface area contributed by atoms with Gasteiger partial charge in [-0.05, 0) is 53.9 Å². The number of carbonyl (C=O) groups excluding carboxylic acids is 2. The van der Waals surface area contributed by atoms with Gasteiger partial charge in [-0.3, -0.25) is 4.79 Å². The highest BCUT2D eigenvalue weighted by Gasteiger charge is 2.30. The molecule has 0 saturated carbocycles. The minimum Gasteiger partial charge on any atom is -0.444 e. The first-order valence-corrected chi connectivity index (χ1v) is 8.56. The molecule has 6 heteroatoms. The molecule has 1 heterocycles. The monoisotopic (exact) mass is 328 g/mol. The fraction of sp³-hybridized carbons (Fsp3) is 0.882. The summed E-state index contributed by atoms with van der Waals surface area (Å²) in [7, 11) is 0. The summed E-state index contributed by atoms with van der Waals surface area (Å²) in [6.45, 7) is 11.9. The standard InChI is InChI=1S/C17H32N2O4/c1-13(2)22-11-7-9-18-15(20)14-8-6-10-19(12-14)16(21)23-17(3,4)5/h13-14H,6-12H2,1-5H3,(H,18,20)/t14-/m0/s1. The molecular formula is C17H32N2O4. The molecular weight excluding hydrogens is 296 g/mol. The predicted octanol–water partition coefficient (Wildman–Crippen LogP) is 2.56. The Morgan fingerprint density at radius 3 is 2.61 bits per heavy atom. The normalized spacial score (nSPS) is 18.9. The molecule has 1 atom stereocenters. The van der Waals surface area contributed by atoms with Crippen molar-refractivity contribution in [2.24, 2.45) is 5.92 Å². The molecule has 0 radical (unpaired) electrons. The van der Waals surface area contributed by atoms with E-state index in [0.717, 1.165) is 19.3 Å². The van der Waals surface area contributed by atoms with Crippen LogP contribution in [0.5, 0.6) is 0 Å². The van der Waals surface area contributed by atoms with Crippen LogP contribution >= 0.6 is 0 Å². The number of hydrogen-bond donors (Lipinski definition) is 1. The molecule has 1 aliphatic rings. The average Bonchev–Trinajstić information content (AvgIpc) is 2.44. The van der Waals surface area contributed by atoms with Crippen molar-refractivity contribution in [3.05, 3.63) is 0 Å². The lowest BCUT2D eigenvalue weighted by Gasteiger charge is -2.33. The molecule has 1 rings (SSSR count). The van der Waals surface area contributed by atoms with Crippen LogP contribution in [0, 0.1) is 5.92 Å². The van der Waals surface area contributed by atoms with Gasteiger partial charge in [0.25, 0.3) is 0 Å². The van der Waals surface area contributed by atoms with E-state index in [-0.39, 0.29) is 24.0 Å². The Bertz CT molecular complexity index is 391. The van der Waals surface area contributed by atoms with Gasteiger partial charge in [-0.25, -0.2) is 4.79 Å².